The Labute approximate surface area is 224 Å². The van der Waals surface area contributed by atoms with E-state index in [4.69, 9.17) is 14.2 Å². The first-order valence-electron chi connectivity index (χ1n) is 13.3. The summed E-state index contributed by atoms with van der Waals surface area (Å²) in [5.74, 6) is 0.666. The minimum Gasteiger partial charge on any atom is -0.493 e. The smallest absolute Gasteiger partial charge is 0.338 e. The van der Waals surface area contributed by atoms with Crippen molar-refractivity contribution in [2.75, 3.05) is 13.2 Å². The first kappa shape index (κ1) is 28.6. The first-order valence-corrected chi connectivity index (χ1v) is 13.3. The number of para-hydroxylation sites is 1. The van der Waals surface area contributed by atoms with Crippen molar-refractivity contribution >= 4 is 18.5 Å². The van der Waals surface area contributed by atoms with E-state index in [1.807, 2.05) is 48.5 Å². The molecule has 0 N–H and O–H groups in total. The van der Waals surface area contributed by atoms with Crippen LogP contribution in [0.3, 0.4) is 0 Å². The molecule has 0 aromatic heterocycles. The molecule has 3 aromatic rings. The zero-order valence-corrected chi connectivity index (χ0v) is 21.8. The van der Waals surface area contributed by atoms with Gasteiger partial charge in [0.15, 0.2) is 12.6 Å². The molecule has 0 aliphatic rings. The number of benzene rings is 3. The van der Waals surface area contributed by atoms with Crippen LogP contribution >= 0.6 is 0 Å². The molecule has 6 heteroatoms. The van der Waals surface area contributed by atoms with E-state index in [2.05, 4.69) is 0 Å². The van der Waals surface area contributed by atoms with Crippen molar-refractivity contribution in [2.24, 2.45) is 0 Å². The highest BCUT2D eigenvalue weighted by Gasteiger charge is 2.12. The van der Waals surface area contributed by atoms with E-state index in [0.717, 1.165) is 50.4 Å². The van der Waals surface area contributed by atoms with Crippen LogP contribution in [-0.4, -0.2) is 31.8 Å². The van der Waals surface area contributed by atoms with E-state index < -0.39 is 5.97 Å². The van der Waals surface area contributed by atoms with Gasteiger partial charge in [0.2, 0.25) is 0 Å². The molecule has 0 aliphatic heterocycles. The van der Waals surface area contributed by atoms with Gasteiger partial charge < -0.3 is 14.2 Å². The number of carbonyl (C=O) groups is 3. The molecule has 0 heterocycles. The third-order valence-corrected chi connectivity index (χ3v) is 6.18. The quantitative estimate of drug-likeness (QED) is 0.101. The molecule has 0 radical (unpaired) electrons. The van der Waals surface area contributed by atoms with Crippen LogP contribution in [0.15, 0.2) is 72.8 Å². The van der Waals surface area contributed by atoms with Crippen molar-refractivity contribution in [3.8, 4) is 11.5 Å². The second-order valence-electron chi connectivity index (χ2n) is 9.11. The van der Waals surface area contributed by atoms with E-state index in [1.165, 1.54) is 18.9 Å². The summed E-state index contributed by atoms with van der Waals surface area (Å²) in [6, 6.07) is 21.5. The molecule has 0 unspecified atom stereocenters. The van der Waals surface area contributed by atoms with Crippen LogP contribution < -0.4 is 9.47 Å². The third-order valence-electron chi connectivity index (χ3n) is 6.18. The molecule has 6 nitrogen and oxygen atoms in total. The van der Waals surface area contributed by atoms with Gasteiger partial charge in [-0.25, -0.2) is 4.79 Å². The molecule has 0 bridgehead atoms. The second-order valence-corrected chi connectivity index (χ2v) is 9.11. The molecule has 0 atom stereocenters. The minimum atomic E-state index is -0.473. The van der Waals surface area contributed by atoms with Crippen molar-refractivity contribution in [3.05, 3.63) is 95.1 Å². The van der Waals surface area contributed by atoms with Crippen LogP contribution in [0.25, 0.3) is 0 Å². The second kappa shape index (κ2) is 16.7. The fourth-order valence-electron chi connectivity index (χ4n) is 4.04. The fourth-order valence-corrected chi connectivity index (χ4v) is 4.04. The molecule has 38 heavy (non-hydrogen) atoms. The molecule has 3 aromatic carbocycles. The van der Waals surface area contributed by atoms with E-state index in [9.17, 15) is 14.4 Å². The zero-order valence-electron chi connectivity index (χ0n) is 21.8. The molecule has 0 saturated heterocycles. The number of carbonyl (C=O) groups excluding carboxylic acids is 3. The average molecular weight is 517 g/mol. The van der Waals surface area contributed by atoms with E-state index in [-0.39, 0.29) is 6.61 Å². The Balaban J connectivity index is 1.23. The molecular weight excluding hydrogens is 480 g/mol. The maximum Gasteiger partial charge on any atom is 0.338 e. The summed E-state index contributed by atoms with van der Waals surface area (Å²) >= 11 is 0. The maximum absolute atomic E-state index is 12.3. The number of ether oxygens (including phenoxy) is 3. The number of hydrogen-bond acceptors (Lipinski definition) is 6. The normalized spacial score (nSPS) is 10.5. The Hall–Kier alpha value is -3.93. The SMILES string of the molecule is O=Cc1ccccc1OCCCCCCCCCCOc1ccc(C(=O)OCc2ccccc2)cc1C=O. The molecule has 0 spiro atoms. The van der Waals surface area contributed by atoms with Gasteiger partial charge in [-0.15, -0.1) is 0 Å². The minimum absolute atomic E-state index is 0.181. The van der Waals surface area contributed by atoms with Crippen LogP contribution in [-0.2, 0) is 11.3 Å². The number of unbranched alkanes of at least 4 members (excludes halogenated alkanes) is 7. The molecular formula is C32H36O6. The lowest BCUT2D eigenvalue weighted by Crippen LogP contribution is -2.07. The molecule has 3 rings (SSSR count). The first-order chi connectivity index (χ1) is 18.7. The molecule has 0 fully saturated rings. The Kier molecular flexibility index (Phi) is 12.6. The predicted octanol–water partition coefficient (Wildman–Crippen LogP) is 7.25. The Morgan fingerprint density at radius 3 is 1.79 bits per heavy atom. The summed E-state index contributed by atoms with van der Waals surface area (Å²) in [5.41, 5.74) is 2.17. The van der Waals surface area contributed by atoms with Gasteiger partial charge in [0.25, 0.3) is 0 Å². The van der Waals surface area contributed by atoms with Gasteiger partial charge in [0, 0.05) is 0 Å². The lowest BCUT2D eigenvalue weighted by Gasteiger charge is -2.10. The molecule has 200 valence electrons. The van der Waals surface area contributed by atoms with Gasteiger partial charge in [-0.3, -0.25) is 9.59 Å². The van der Waals surface area contributed by atoms with E-state index in [1.54, 1.807) is 18.2 Å². The van der Waals surface area contributed by atoms with E-state index in [0.29, 0.717) is 47.7 Å². The van der Waals surface area contributed by atoms with E-state index >= 15 is 0 Å². The van der Waals surface area contributed by atoms with Crippen LogP contribution in [0.1, 0.15) is 88.0 Å². The van der Waals surface area contributed by atoms with Crippen LogP contribution in [0.5, 0.6) is 11.5 Å². The Morgan fingerprint density at radius 2 is 1.16 bits per heavy atom. The third kappa shape index (κ3) is 9.85. The van der Waals surface area contributed by atoms with Crippen molar-refractivity contribution in [1.29, 1.82) is 0 Å². The van der Waals surface area contributed by atoms with Gasteiger partial charge in [0.05, 0.1) is 29.9 Å². The van der Waals surface area contributed by atoms with Crippen molar-refractivity contribution < 1.29 is 28.6 Å². The van der Waals surface area contributed by atoms with Gasteiger partial charge in [-0.2, -0.15) is 0 Å². The molecule has 0 saturated carbocycles. The standard InChI is InChI=1S/C32H36O6/c33-23-28-16-10-11-17-30(28)36-20-12-5-3-1-2-4-6-13-21-37-31-19-18-27(22-29(31)24-34)32(35)38-25-26-14-8-7-9-15-26/h7-11,14-19,22-24H,1-6,12-13,20-21,25H2. The Bertz CT molecular complexity index is 1140. The zero-order chi connectivity index (χ0) is 26.8. The number of hydrogen-bond donors (Lipinski definition) is 0. The summed E-state index contributed by atoms with van der Waals surface area (Å²) < 4.78 is 16.8. The number of aldehydes is 2. The maximum atomic E-state index is 12.3. The summed E-state index contributed by atoms with van der Waals surface area (Å²) in [4.78, 5) is 34.9. The van der Waals surface area contributed by atoms with Gasteiger partial charge in [-0.1, -0.05) is 81.0 Å². The van der Waals surface area contributed by atoms with Crippen molar-refractivity contribution in [1.82, 2.24) is 0 Å². The van der Waals surface area contributed by atoms with Crippen LogP contribution in [0.2, 0.25) is 0 Å². The lowest BCUT2D eigenvalue weighted by atomic mass is 10.1. The highest BCUT2D eigenvalue weighted by Crippen LogP contribution is 2.21. The number of esters is 1. The summed E-state index contributed by atoms with van der Waals surface area (Å²) in [6.45, 7) is 1.33. The summed E-state index contributed by atoms with van der Waals surface area (Å²) in [7, 11) is 0. The molecule has 0 aliphatic carbocycles. The topological polar surface area (TPSA) is 78.9 Å². The summed E-state index contributed by atoms with van der Waals surface area (Å²) in [5, 5.41) is 0. The lowest BCUT2D eigenvalue weighted by molar-refractivity contribution is 0.0472. The predicted molar refractivity (Wildman–Crippen MR) is 147 cm³/mol. The average Bonchev–Trinajstić information content (AvgIpc) is 2.97. The highest BCUT2D eigenvalue weighted by atomic mass is 16.5. The van der Waals surface area contributed by atoms with Gasteiger partial charge >= 0.3 is 5.97 Å². The van der Waals surface area contributed by atoms with Crippen LogP contribution in [0, 0.1) is 0 Å². The molecule has 0 amide bonds. The van der Waals surface area contributed by atoms with Gasteiger partial charge in [0.1, 0.15) is 18.1 Å². The van der Waals surface area contributed by atoms with Crippen molar-refractivity contribution in [3.63, 3.8) is 0 Å². The van der Waals surface area contributed by atoms with Gasteiger partial charge in [-0.05, 0) is 48.7 Å². The Morgan fingerprint density at radius 1 is 0.605 bits per heavy atom. The highest BCUT2D eigenvalue weighted by molar-refractivity contribution is 5.92. The van der Waals surface area contributed by atoms with Crippen LogP contribution in [0.4, 0.5) is 0 Å². The fraction of sp³-hybridized carbons (Fsp3) is 0.344. The van der Waals surface area contributed by atoms with Crippen molar-refractivity contribution in [2.45, 2.75) is 58.0 Å². The largest absolute Gasteiger partial charge is 0.493 e. The summed E-state index contributed by atoms with van der Waals surface area (Å²) in [6.07, 6.45) is 10.2. The monoisotopic (exact) mass is 516 g/mol. The number of rotatable bonds is 18.